The van der Waals surface area contributed by atoms with Crippen molar-refractivity contribution >= 4 is 29.1 Å². The van der Waals surface area contributed by atoms with Crippen LogP contribution in [0.5, 0.6) is 0 Å². The molecule has 0 bridgehead atoms. The lowest BCUT2D eigenvalue weighted by Crippen LogP contribution is -2.47. The summed E-state index contributed by atoms with van der Waals surface area (Å²) in [5, 5.41) is 28.0. The topological polar surface area (TPSA) is 118 Å². The van der Waals surface area contributed by atoms with Gasteiger partial charge in [-0.15, -0.1) is 11.3 Å². The van der Waals surface area contributed by atoms with Gasteiger partial charge in [-0.3, -0.25) is 9.59 Å². The van der Waals surface area contributed by atoms with Crippen molar-refractivity contribution in [2.45, 2.75) is 105 Å². The number of amides is 1. The van der Waals surface area contributed by atoms with Gasteiger partial charge in [0.2, 0.25) is 5.91 Å². The number of hydrogen-bond acceptors (Lipinski definition) is 8. The van der Waals surface area contributed by atoms with E-state index >= 15 is 0 Å². The van der Waals surface area contributed by atoms with E-state index < -0.39 is 23.5 Å². The Kier molecular flexibility index (Phi) is 11.5. The molecule has 3 N–H and O–H groups in total. The van der Waals surface area contributed by atoms with Crippen LogP contribution in [0.15, 0.2) is 22.6 Å². The maximum absolute atomic E-state index is 13.4. The summed E-state index contributed by atoms with van der Waals surface area (Å²) in [6.07, 6.45) is 5.27. The van der Waals surface area contributed by atoms with E-state index in [9.17, 15) is 19.8 Å². The van der Waals surface area contributed by atoms with Gasteiger partial charge in [-0.2, -0.15) is 0 Å². The molecule has 1 fully saturated rings. The number of thiazole rings is 1. The monoisotopic (exact) mass is 562 g/mol. The van der Waals surface area contributed by atoms with Crippen LogP contribution in [0.3, 0.4) is 0 Å². The van der Waals surface area contributed by atoms with Crippen molar-refractivity contribution in [1.82, 2.24) is 10.3 Å². The molecule has 1 aromatic heterocycles. The molecule has 2 aliphatic rings. The first-order valence-corrected chi connectivity index (χ1v) is 15.0. The molecule has 3 rings (SSSR count). The highest BCUT2D eigenvalue weighted by molar-refractivity contribution is 7.09. The third-order valence-corrected chi connectivity index (χ3v) is 8.96. The van der Waals surface area contributed by atoms with E-state index in [0.717, 1.165) is 35.5 Å². The molecule has 0 radical (unpaired) electrons. The normalized spacial score (nSPS) is 32.1. The average Bonchev–Trinajstić information content (AvgIpc) is 3.55. The number of nitrogens with zero attached hydrogens (tertiary/aromatic N) is 1. The quantitative estimate of drug-likeness (QED) is 0.460. The average molecular weight is 563 g/mol. The van der Waals surface area contributed by atoms with Crippen LogP contribution in [0.25, 0.3) is 6.08 Å². The predicted molar refractivity (Wildman–Crippen MR) is 153 cm³/mol. The number of ketones is 1. The summed E-state index contributed by atoms with van der Waals surface area (Å²) in [7, 11) is 0. The van der Waals surface area contributed by atoms with Gasteiger partial charge in [-0.05, 0) is 57.1 Å². The molecule has 3 heterocycles. The van der Waals surface area contributed by atoms with E-state index in [1.165, 1.54) is 5.57 Å². The number of hydrogen-bond donors (Lipinski definition) is 3. The van der Waals surface area contributed by atoms with Gasteiger partial charge in [-0.1, -0.05) is 39.3 Å². The fraction of sp³-hybridized carbons (Fsp3) is 0.700. The van der Waals surface area contributed by atoms with Crippen LogP contribution >= 0.6 is 11.3 Å². The maximum Gasteiger partial charge on any atom is 0.223 e. The molecule has 0 aliphatic carbocycles. The zero-order valence-electron chi connectivity index (χ0n) is 24.2. The summed E-state index contributed by atoms with van der Waals surface area (Å²) < 4.78 is 11.4. The minimum absolute atomic E-state index is 0.0900. The fourth-order valence-electron chi connectivity index (χ4n) is 5.35. The van der Waals surface area contributed by atoms with E-state index in [1.54, 1.807) is 32.1 Å². The third kappa shape index (κ3) is 8.79. The summed E-state index contributed by atoms with van der Waals surface area (Å²) in [5.41, 5.74) is 1.80. The van der Waals surface area contributed by atoms with Gasteiger partial charge < -0.3 is 25.0 Å². The van der Waals surface area contributed by atoms with E-state index in [4.69, 9.17) is 9.47 Å². The van der Waals surface area contributed by atoms with Crippen molar-refractivity contribution in [3.8, 4) is 0 Å². The maximum atomic E-state index is 13.4. The second kappa shape index (κ2) is 14.1. The Morgan fingerprint density at radius 2 is 1.92 bits per heavy atom. The van der Waals surface area contributed by atoms with Crippen LogP contribution < -0.4 is 5.32 Å². The van der Waals surface area contributed by atoms with E-state index in [0.29, 0.717) is 26.1 Å². The molecule has 1 aromatic rings. The number of Topliss-reactive ketones (excluding diaryl/α,β-unsaturated/α-hetero) is 1. The van der Waals surface area contributed by atoms with Crippen LogP contribution in [0.4, 0.5) is 0 Å². The molecule has 5 atom stereocenters. The van der Waals surface area contributed by atoms with Crippen molar-refractivity contribution in [3.63, 3.8) is 0 Å². The molecule has 0 aromatic carbocycles. The van der Waals surface area contributed by atoms with E-state index in [1.807, 2.05) is 32.2 Å². The Morgan fingerprint density at radius 3 is 2.56 bits per heavy atom. The third-order valence-electron chi connectivity index (χ3n) is 8.17. The molecule has 3 unspecified atom stereocenters. The Labute approximate surface area is 236 Å². The molecule has 218 valence electrons. The van der Waals surface area contributed by atoms with Gasteiger partial charge in [0.05, 0.1) is 54.0 Å². The van der Waals surface area contributed by atoms with Gasteiger partial charge in [0, 0.05) is 17.7 Å². The number of nitrogens with one attached hydrogen (secondary N) is 1. The summed E-state index contributed by atoms with van der Waals surface area (Å²) >= 11 is 1.57. The zero-order valence-corrected chi connectivity index (χ0v) is 25.1. The van der Waals surface area contributed by atoms with Gasteiger partial charge in [-0.25, -0.2) is 4.98 Å². The van der Waals surface area contributed by atoms with Crippen molar-refractivity contribution < 1.29 is 29.3 Å². The van der Waals surface area contributed by atoms with E-state index in [-0.39, 0.29) is 36.4 Å². The Morgan fingerprint density at radius 1 is 1.23 bits per heavy atom. The lowest BCUT2D eigenvalue weighted by molar-refractivity contribution is -0.143. The minimum atomic E-state index is -1.18. The molecule has 8 nitrogen and oxygen atoms in total. The number of aryl methyl sites for hydroxylation is 1. The second-order valence-corrected chi connectivity index (χ2v) is 12.8. The predicted octanol–water partition coefficient (Wildman–Crippen LogP) is 4.58. The number of carbonyl (C=O) groups excluding carboxylic acids is 2. The number of aliphatic hydroxyl groups is 2. The van der Waals surface area contributed by atoms with E-state index in [2.05, 4.69) is 16.4 Å². The van der Waals surface area contributed by atoms with Crippen molar-refractivity contribution in [2.24, 2.45) is 17.3 Å². The largest absolute Gasteiger partial charge is 0.392 e. The Hall–Kier alpha value is -1.91. The lowest BCUT2D eigenvalue weighted by Gasteiger charge is -2.34. The van der Waals surface area contributed by atoms with Crippen molar-refractivity contribution in [1.29, 1.82) is 0 Å². The number of rotatable bonds is 4. The Balaban J connectivity index is 1.91. The molecule has 1 saturated heterocycles. The highest BCUT2D eigenvalue weighted by atomic mass is 32.1. The standard InChI is InChI=1S/C30H46N2O6S/c1-18-8-7-9-22(15-27-37-12-13-38-27)10-11-24(19(2)14-23-17-39-21(4)31-23)32-26(34)16-25(33)30(5,6)29(36)20(3)28(18)35/h10,14,17-18,20,24-25,27-28,33,35H,7-9,11-13,15-16H2,1-6H3,(H,32,34)/b19-14+,22-10+/t18?,20?,24-,25?,28-/m0/s1. The number of aromatic nitrogens is 1. The summed E-state index contributed by atoms with van der Waals surface area (Å²) in [6.45, 7) is 12.1. The fourth-order valence-corrected chi connectivity index (χ4v) is 5.93. The zero-order chi connectivity index (χ0) is 28.7. The summed E-state index contributed by atoms with van der Waals surface area (Å²) in [5.74, 6) is -1.32. The van der Waals surface area contributed by atoms with Gasteiger partial charge in [0.1, 0.15) is 5.78 Å². The molecule has 39 heavy (non-hydrogen) atoms. The molecule has 0 saturated carbocycles. The highest BCUT2D eigenvalue weighted by Gasteiger charge is 2.42. The lowest BCUT2D eigenvalue weighted by atomic mass is 9.73. The van der Waals surface area contributed by atoms with Crippen LogP contribution in [-0.4, -0.2) is 64.6 Å². The smallest absolute Gasteiger partial charge is 0.223 e. The second-order valence-electron chi connectivity index (χ2n) is 11.7. The first kappa shape index (κ1) is 31.6. The summed E-state index contributed by atoms with van der Waals surface area (Å²) in [6, 6.07) is -0.307. The van der Waals surface area contributed by atoms with Crippen molar-refractivity contribution in [3.05, 3.63) is 33.3 Å². The molecule has 9 heteroatoms. The number of carbonyl (C=O) groups is 2. The van der Waals surface area contributed by atoms with Gasteiger partial charge >= 0.3 is 0 Å². The molecular formula is C30H46N2O6S. The molecular weight excluding hydrogens is 516 g/mol. The first-order chi connectivity index (χ1) is 18.4. The van der Waals surface area contributed by atoms with Gasteiger partial charge in [0.15, 0.2) is 6.29 Å². The van der Waals surface area contributed by atoms with Crippen LogP contribution in [-0.2, 0) is 19.1 Å². The first-order valence-electron chi connectivity index (χ1n) is 14.1. The van der Waals surface area contributed by atoms with Crippen LogP contribution in [0.1, 0.15) is 83.8 Å². The van der Waals surface area contributed by atoms with Crippen LogP contribution in [0, 0.1) is 24.2 Å². The van der Waals surface area contributed by atoms with Crippen LogP contribution in [0.2, 0.25) is 0 Å². The van der Waals surface area contributed by atoms with Gasteiger partial charge in [0.25, 0.3) is 0 Å². The number of ether oxygens (including phenoxy) is 2. The Bertz CT molecular complexity index is 1040. The molecule has 1 amide bonds. The SMILES string of the molecule is C/C(=C\c1csc(C)n1)[C@@H]1C/C=C(/CC2OCCO2)CCCC(C)[C@H](O)C(C)C(=O)C(C)(C)C(O)CC(=O)N1. The molecule has 0 spiro atoms. The minimum Gasteiger partial charge on any atom is -0.392 e. The van der Waals surface area contributed by atoms with Crippen molar-refractivity contribution in [2.75, 3.05) is 13.2 Å². The number of aliphatic hydroxyl groups excluding tert-OH is 2. The molecule has 2 aliphatic heterocycles. The summed E-state index contributed by atoms with van der Waals surface area (Å²) in [4.78, 5) is 31.1. The highest BCUT2D eigenvalue weighted by Crippen LogP contribution is 2.32.